The largest absolute Gasteiger partial charge is 0.500 e. The van der Waals surface area contributed by atoms with Gasteiger partial charge in [-0.15, -0.1) is 10.2 Å². The smallest absolute Gasteiger partial charge is 0.376 e. The number of azo groups is 1. The maximum Gasteiger partial charge on any atom is 0.376 e. The number of hydrazone groups is 1. The van der Waals surface area contributed by atoms with Gasteiger partial charge in [0.05, 0.1) is 19.1 Å². The first-order valence-electron chi connectivity index (χ1n) is 8.63. The summed E-state index contributed by atoms with van der Waals surface area (Å²) in [4.78, 5) is 42.4. The number of aromatic amines is 1. The van der Waals surface area contributed by atoms with E-state index in [9.17, 15) is 19.5 Å². The molecule has 0 aliphatic heterocycles. The molecule has 0 spiro atoms. The number of carbonyl (C=O) groups excluding carboxylic acids is 3. The van der Waals surface area contributed by atoms with Crippen molar-refractivity contribution in [1.29, 1.82) is 0 Å². The molecule has 0 aliphatic carbocycles. The van der Waals surface area contributed by atoms with Gasteiger partial charge in [0.1, 0.15) is 0 Å². The van der Waals surface area contributed by atoms with Crippen LogP contribution in [0.2, 0.25) is 0 Å². The zero-order valence-electron chi connectivity index (χ0n) is 16.1. The molecule has 0 bridgehead atoms. The molecule has 0 aliphatic rings. The number of benzene rings is 1. The van der Waals surface area contributed by atoms with Gasteiger partial charge in [0, 0.05) is 7.05 Å². The molecule has 0 saturated carbocycles. The normalized spacial score (nSPS) is 11.9. The Labute approximate surface area is 170 Å². The van der Waals surface area contributed by atoms with Gasteiger partial charge in [-0.2, -0.15) is 5.10 Å². The van der Waals surface area contributed by atoms with Crippen LogP contribution in [0.5, 0.6) is 0 Å². The number of aliphatic hydroxyl groups is 1. The molecule has 0 saturated heterocycles. The van der Waals surface area contributed by atoms with Crippen molar-refractivity contribution in [2.24, 2.45) is 15.3 Å². The number of aliphatic hydroxyl groups excluding tert-OH is 1. The van der Waals surface area contributed by atoms with Crippen molar-refractivity contribution in [2.75, 3.05) is 13.7 Å². The van der Waals surface area contributed by atoms with Gasteiger partial charge in [0.15, 0.2) is 5.69 Å². The second kappa shape index (κ2) is 10.8. The van der Waals surface area contributed by atoms with E-state index in [1.165, 1.54) is 26.5 Å². The van der Waals surface area contributed by atoms with Crippen LogP contribution < -0.4 is 10.7 Å². The summed E-state index contributed by atoms with van der Waals surface area (Å²) in [6.07, 6.45) is 2.54. The number of H-pyrrole nitrogens is 1. The first-order chi connectivity index (χ1) is 14.5. The second-order valence-electron chi connectivity index (χ2n) is 5.41. The topological polar surface area (TPSA) is 170 Å². The molecule has 2 rings (SSSR count). The van der Waals surface area contributed by atoms with Crippen LogP contribution in [0.15, 0.2) is 63.4 Å². The Bertz CT molecular complexity index is 995. The van der Waals surface area contributed by atoms with Crippen LogP contribution in [0.1, 0.15) is 23.0 Å². The Hall–Kier alpha value is -4.35. The highest BCUT2D eigenvalue weighted by Gasteiger charge is 2.23. The molecule has 2 aromatic rings. The quantitative estimate of drug-likeness (QED) is 0.127. The number of nitrogens with zero attached hydrogens (tertiary/aromatic N) is 4. The van der Waals surface area contributed by atoms with E-state index >= 15 is 0 Å². The van der Waals surface area contributed by atoms with Gasteiger partial charge in [0.25, 0.3) is 11.8 Å². The predicted molar refractivity (Wildman–Crippen MR) is 105 cm³/mol. The molecule has 1 heterocycles. The van der Waals surface area contributed by atoms with Gasteiger partial charge in [-0.25, -0.2) is 15.2 Å². The van der Waals surface area contributed by atoms with E-state index in [4.69, 9.17) is 0 Å². The monoisotopic (exact) mass is 413 g/mol. The van der Waals surface area contributed by atoms with E-state index in [-0.39, 0.29) is 18.1 Å². The van der Waals surface area contributed by atoms with Crippen molar-refractivity contribution in [2.45, 2.75) is 6.92 Å². The zero-order chi connectivity index (χ0) is 21.9. The Balaban J connectivity index is 2.29. The summed E-state index contributed by atoms with van der Waals surface area (Å²) in [7, 11) is 1.40. The van der Waals surface area contributed by atoms with E-state index in [0.29, 0.717) is 5.56 Å². The van der Waals surface area contributed by atoms with E-state index in [0.717, 1.165) is 0 Å². The molecule has 156 valence electrons. The van der Waals surface area contributed by atoms with Crippen LogP contribution in [0.25, 0.3) is 0 Å². The third-order valence-corrected chi connectivity index (χ3v) is 3.41. The minimum absolute atomic E-state index is 0.0290. The minimum Gasteiger partial charge on any atom is -0.500 e. The Morgan fingerprint density at radius 1 is 1.27 bits per heavy atom. The van der Waals surface area contributed by atoms with Gasteiger partial charge in [-0.1, -0.05) is 30.3 Å². The number of rotatable bonds is 8. The summed E-state index contributed by atoms with van der Waals surface area (Å²) in [5.41, 5.74) is 2.03. The number of imidazole rings is 1. The van der Waals surface area contributed by atoms with Gasteiger partial charge in [-0.05, 0) is 12.5 Å². The van der Waals surface area contributed by atoms with Gasteiger partial charge < -0.3 is 20.1 Å². The first kappa shape index (κ1) is 21.9. The van der Waals surface area contributed by atoms with E-state index in [1.807, 2.05) is 6.07 Å². The summed E-state index contributed by atoms with van der Waals surface area (Å²) in [5, 5.41) is 23.4. The highest BCUT2D eigenvalue weighted by Crippen LogP contribution is 2.17. The average Bonchev–Trinajstić information content (AvgIpc) is 3.22. The lowest BCUT2D eigenvalue weighted by Crippen LogP contribution is -2.23. The van der Waals surface area contributed by atoms with Crippen LogP contribution in [0.3, 0.4) is 0 Å². The second-order valence-corrected chi connectivity index (χ2v) is 5.41. The lowest BCUT2D eigenvalue weighted by Gasteiger charge is -2.04. The van der Waals surface area contributed by atoms with Gasteiger partial charge in [-0.3, -0.25) is 9.59 Å². The number of ether oxygens (including phenoxy) is 1. The third kappa shape index (κ3) is 5.82. The highest BCUT2D eigenvalue weighted by atomic mass is 16.5. The van der Waals surface area contributed by atoms with Crippen molar-refractivity contribution in [1.82, 2.24) is 20.7 Å². The minimum atomic E-state index is -1.18. The number of esters is 1. The predicted octanol–water partition coefficient (Wildman–Crippen LogP) is 1.34. The fraction of sp³-hybridized carbons (Fsp3) is 0.167. The van der Waals surface area contributed by atoms with Crippen LogP contribution in [-0.4, -0.2) is 52.7 Å². The fourth-order valence-corrected chi connectivity index (χ4v) is 2.01. The van der Waals surface area contributed by atoms with Gasteiger partial charge >= 0.3 is 5.97 Å². The summed E-state index contributed by atoms with van der Waals surface area (Å²) >= 11 is 0. The van der Waals surface area contributed by atoms with E-state index in [1.54, 1.807) is 24.3 Å². The molecule has 1 aromatic heterocycles. The lowest BCUT2D eigenvalue weighted by molar-refractivity contribution is -0.142. The molecular weight excluding hydrogens is 394 g/mol. The van der Waals surface area contributed by atoms with Crippen molar-refractivity contribution in [3.63, 3.8) is 0 Å². The highest BCUT2D eigenvalue weighted by molar-refractivity contribution is 6.01. The van der Waals surface area contributed by atoms with Crippen LogP contribution in [-0.2, 0) is 14.3 Å². The Kier molecular flexibility index (Phi) is 7.94. The van der Waals surface area contributed by atoms with E-state index < -0.39 is 29.2 Å². The molecule has 30 heavy (non-hydrogen) atoms. The molecule has 2 amide bonds. The van der Waals surface area contributed by atoms with Crippen molar-refractivity contribution in [3.8, 4) is 0 Å². The number of nitrogens with one attached hydrogen (secondary N) is 3. The SMILES string of the molecule is CCOC(=O)/C(O)=C(/N=Nc1nc[nH]c1C(=O)NC)C(=O)NN=Cc1ccccc1. The van der Waals surface area contributed by atoms with Crippen LogP contribution in [0.4, 0.5) is 5.82 Å². The summed E-state index contributed by atoms with van der Waals surface area (Å²) in [6.45, 7) is 1.48. The third-order valence-electron chi connectivity index (χ3n) is 3.41. The molecule has 0 radical (unpaired) electrons. The number of carbonyl (C=O) groups is 3. The lowest BCUT2D eigenvalue weighted by atomic mass is 10.2. The van der Waals surface area contributed by atoms with Gasteiger partial charge in [0.2, 0.25) is 17.3 Å². The molecule has 0 atom stereocenters. The molecule has 1 aromatic carbocycles. The van der Waals surface area contributed by atoms with Crippen molar-refractivity contribution >= 4 is 29.8 Å². The van der Waals surface area contributed by atoms with Crippen LogP contribution in [0, 0.1) is 0 Å². The van der Waals surface area contributed by atoms with Crippen molar-refractivity contribution in [3.05, 3.63) is 59.4 Å². The van der Waals surface area contributed by atoms with Crippen molar-refractivity contribution < 1.29 is 24.2 Å². The number of hydrogen-bond acceptors (Lipinski definition) is 9. The maximum absolute atomic E-state index is 12.4. The van der Waals surface area contributed by atoms with E-state index in [2.05, 4.69) is 40.8 Å². The summed E-state index contributed by atoms with van der Waals surface area (Å²) in [6, 6.07) is 8.88. The Morgan fingerprint density at radius 2 is 2.00 bits per heavy atom. The fourth-order valence-electron chi connectivity index (χ4n) is 2.01. The molecular formula is C18H19N7O5. The first-order valence-corrected chi connectivity index (χ1v) is 8.63. The Morgan fingerprint density at radius 3 is 2.67 bits per heavy atom. The average molecular weight is 413 g/mol. The molecule has 12 heteroatoms. The molecule has 4 N–H and O–H groups in total. The zero-order valence-corrected chi connectivity index (χ0v) is 16.1. The number of aromatic nitrogens is 2. The standard InChI is InChI=1S/C18H19N7O5/c1-3-30-18(29)14(26)12(17(28)25-22-9-11-7-5-4-6-8-11)23-24-15-13(16(27)19-2)20-10-21-15/h4-10,26H,3H2,1-2H3,(H,19,27)(H,20,21)(H,25,28)/b14-12-,22-9?,24-23?. The molecule has 12 nitrogen and oxygen atoms in total. The van der Waals surface area contributed by atoms with Crippen LogP contribution >= 0.6 is 0 Å². The summed E-state index contributed by atoms with van der Waals surface area (Å²) < 4.78 is 4.67. The molecule has 0 fully saturated rings. The maximum atomic E-state index is 12.4. The molecule has 0 unspecified atom stereocenters. The number of amides is 2. The summed E-state index contributed by atoms with van der Waals surface area (Å²) in [5.74, 6) is -3.98. The number of hydrogen-bond donors (Lipinski definition) is 4.